The third-order valence-electron chi connectivity index (χ3n) is 4.34. The zero-order valence-corrected chi connectivity index (χ0v) is 17.9. The highest BCUT2D eigenvalue weighted by molar-refractivity contribution is 5.93. The molecule has 0 spiro atoms. The summed E-state index contributed by atoms with van der Waals surface area (Å²) in [6.45, 7) is 8.29. The number of phenolic OH excluding ortho intramolecular Hbond substituents is 1. The van der Waals surface area contributed by atoms with Gasteiger partial charge in [-0.3, -0.25) is 5.10 Å². The van der Waals surface area contributed by atoms with Crippen LogP contribution in [-0.4, -0.2) is 57.9 Å². The number of aromatic nitrogens is 3. The van der Waals surface area contributed by atoms with Crippen LogP contribution in [0.1, 0.15) is 12.5 Å². The molecule has 0 aliphatic heterocycles. The summed E-state index contributed by atoms with van der Waals surface area (Å²) < 4.78 is 9.32. The molecule has 1 heterocycles. The van der Waals surface area contributed by atoms with E-state index in [9.17, 15) is 14.7 Å². The van der Waals surface area contributed by atoms with E-state index in [1.54, 1.807) is 19.1 Å². The minimum Gasteiger partial charge on any atom is -0.507 e. The first-order valence-electron chi connectivity index (χ1n) is 9.60. The van der Waals surface area contributed by atoms with Crippen molar-refractivity contribution in [1.29, 1.82) is 0 Å². The van der Waals surface area contributed by atoms with Gasteiger partial charge in [0.25, 0.3) is 0 Å². The number of hydrogen-bond donors (Lipinski definition) is 3. The van der Waals surface area contributed by atoms with E-state index >= 15 is 0 Å². The number of phenols is 1. The molecule has 9 heteroatoms. The van der Waals surface area contributed by atoms with Gasteiger partial charge in [-0.05, 0) is 30.7 Å². The Hall–Kier alpha value is -3.98. The monoisotopic (exact) mass is 439 g/mol. The molecule has 3 aromatic rings. The third-order valence-corrected chi connectivity index (χ3v) is 4.34. The summed E-state index contributed by atoms with van der Waals surface area (Å²) in [4.78, 5) is 21.7. The second-order valence-corrected chi connectivity index (χ2v) is 6.78. The highest BCUT2D eigenvalue weighted by Gasteiger charge is 2.12. The fourth-order valence-electron chi connectivity index (χ4n) is 2.64. The van der Waals surface area contributed by atoms with E-state index in [1.165, 1.54) is 7.11 Å². The number of methoxy groups -OCH3 is 1. The predicted molar refractivity (Wildman–Crippen MR) is 119 cm³/mol. The smallest absolute Gasteiger partial charge is 0.335 e. The highest BCUT2D eigenvalue weighted by atomic mass is 16.5. The molecule has 2 aromatic carbocycles. The number of H-pyrrole nitrogens is 1. The second-order valence-electron chi connectivity index (χ2n) is 6.78. The minimum absolute atomic E-state index is 0.0764. The number of aromatic amines is 1. The first kappa shape index (κ1) is 24.3. The minimum atomic E-state index is -0.563. The number of esters is 2. The maximum atomic E-state index is 11.4. The van der Waals surface area contributed by atoms with Crippen molar-refractivity contribution in [2.24, 2.45) is 0 Å². The average molecular weight is 439 g/mol. The summed E-state index contributed by atoms with van der Waals surface area (Å²) in [5.41, 5.74) is 4.34. The van der Waals surface area contributed by atoms with Crippen molar-refractivity contribution in [2.45, 2.75) is 13.3 Å². The van der Waals surface area contributed by atoms with Crippen molar-refractivity contribution in [3.63, 3.8) is 0 Å². The molecule has 0 unspecified atom stereocenters. The molecule has 3 N–H and O–H groups in total. The Balaban J connectivity index is 0.000000390. The first-order chi connectivity index (χ1) is 15.3. The summed E-state index contributed by atoms with van der Waals surface area (Å²) in [6, 6.07) is 10.9. The third kappa shape index (κ3) is 6.26. The summed E-state index contributed by atoms with van der Waals surface area (Å²) in [5.74, 6) is -0.804. The molecule has 0 aliphatic carbocycles. The lowest BCUT2D eigenvalue weighted by Crippen LogP contribution is -2.08. The molecular weight excluding hydrogens is 414 g/mol. The number of aromatic hydroxyl groups is 1. The van der Waals surface area contributed by atoms with Crippen LogP contribution in [0, 0.1) is 0 Å². The van der Waals surface area contributed by atoms with Gasteiger partial charge in [0.15, 0.2) is 0 Å². The number of aliphatic hydroxyl groups is 1. The van der Waals surface area contributed by atoms with Gasteiger partial charge < -0.3 is 19.7 Å². The number of carbonyl (C=O) groups excluding carboxylic acids is 2. The average Bonchev–Trinajstić information content (AvgIpc) is 3.28. The Labute approximate surface area is 185 Å². The predicted octanol–water partition coefficient (Wildman–Crippen LogP) is 2.70. The van der Waals surface area contributed by atoms with Gasteiger partial charge in [-0.1, -0.05) is 36.6 Å². The van der Waals surface area contributed by atoms with Crippen LogP contribution in [0.15, 0.2) is 60.7 Å². The van der Waals surface area contributed by atoms with Crippen molar-refractivity contribution in [1.82, 2.24) is 15.4 Å². The van der Waals surface area contributed by atoms with Crippen molar-refractivity contribution >= 4 is 23.0 Å². The SMILES string of the molecule is C=C(C)C(=O)OCCc1ccc(O)c(-c2cccc3[nH]nnc23)c1.C=C(CO)C(=O)OC. The number of ether oxygens (including phenoxy) is 2. The second kappa shape index (κ2) is 11.4. The largest absolute Gasteiger partial charge is 0.507 e. The zero-order valence-electron chi connectivity index (χ0n) is 17.9. The molecule has 0 saturated heterocycles. The van der Waals surface area contributed by atoms with Gasteiger partial charge in [-0.2, -0.15) is 0 Å². The van der Waals surface area contributed by atoms with Crippen LogP contribution in [0.2, 0.25) is 0 Å². The van der Waals surface area contributed by atoms with Crippen molar-refractivity contribution in [3.05, 3.63) is 66.3 Å². The number of aliphatic hydroxyl groups excluding tert-OH is 1. The molecule has 0 atom stereocenters. The lowest BCUT2D eigenvalue weighted by atomic mass is 9.99. The maximum Gasteiger partial charge on any atom is 0.335 e. The Morgan fingerprint density at radius 2 is 1.88 bits per heavy atom. The van der Waals surface area contributed by atoms with Crippen molar-refractivity contribution < 1.29 is 29.3 Å². The highest BCUT2D eigenvalue weighted by Crippen LogP contribution is 2.33. The van der Waals surface area contributed by atoms with Crippen LogP contribution in [-0.2, 0) is 25.5 Å². The number of benzene rings is 2. The van der Waals surface area contributed by atoms with E-state index < -0.39 is 11.9 Å². The topological polar surface area (TPSA) is 135 Å². The summed E-state index contributed by atoms with van der Waals surface area (Å²) in [5, 5.41) is 29.1. The van der Waals surface area contributed by atoms with Crippen LogP contribution in [0.3, 0.4) is 0 Å². The fourth-order valence-corrected chi connectivity index (χ4v) is 2.64. The van der Waals surface area contributed by atoms with Gasteiger partial charge in [-0.15, -0.1) is 5.10 Å². The summed E-state index contributed by atoms with van der Waals surface area (Å²) >= 11 is 0. The molecule has 0 radical (unpaired) electrons. The van der Waals surface area contributed by atoms with E-state index in [-0.39, 0.29) is 24.5 Å². The number of nitrogens with zero attached hydrogens (tertiary/aromatic N) is 2. The number of carbonyl (C=O) groups is 2. The first-order valence-corrected chi connectivity index (χ1v) is 9.60. The number of rotatable bonds is 7. The van der Waals surface area contributed by atoms with E-state index in [0.717, 1.165) is 16.6 Å². The normalized spacial score (nSPS) is 10.1. The van der Waals surface area contributed by atoms with Crippen LogP contribution in [0.25, 0.3) is 22.2 Å². The Bertz CT molecular complexity index is 1120. The van der Waals surface area contributed by atoms with Gasteiger partial charge in [0.1, 0.15) is 11.3 Å². The van der Waals surface area contributed by atoms with Crippen molar-refractivity contribution in [3.8, 4) is 16.9 Å². The standard InChI is InChI=1S/C18H17N3O3.C5H8O3/c1-11(2)18(23)24-9-8-12-6-7-16(22)14(10-12)13-4-3-5-15-17(13)20-21-19-15;1-4(3-6)5(7)8-2/h3-7,10,22H,1,8-9H2,2H3,(H,19,20,21);6H,1,3H2,2H3. The van der Waals surface area contributed by atoms with Crippen LogP contribution >= 0.6 is 0 Å². The number of fused-ring (bicyclic) bond motifs is 1. The van der Waals surface area contributed by atoms with Gasteiger partial charge in [0, 0.05) is 23.1 Å². The van der Waals surface area contributed by atoms with E-state index in [4.69, 9.17) is 9.84 Å². The molecule has 0 amide bonds. The quantitative estimate of drug-likeness (QED) is 0.378. The Morgan fingerprint density at radius 1 is 1.12 bits per heavy atom. The lowest BCUT2D eigenvalue weighted by molar-refractivity contribution is -0.139. The molecule has 9 nitrogen and oxygen atoms in total. The molecule has 1 aromatic heterocycles. The zero-order chi connectivity index (χ0) is 23.7. The van der Waals surface area contributed by atoms with Gasteiger partial charge in [0.05, 0.1) is 31.4 Å². The molecular formula is C23H25N3O6. The molecule has 32 heavy (non-hydrogen) atoms. The molecule has 168 valence electrons. The number of nitrogens with one attached hydrogen (secondary N) is 1. The Morgan fingerprint density at radius 3 is 2.50 bits per heavy atom. The van der Waals surface area contributed by atoms with Crippen molar-refractivity contribution in [2.75, 3.05) is 20.3 Å². The summed E-state index contributed by atoms with van der Waals surface area (Å²) in [6.07, 6.45) is 0.543. The van der Waals surface area contributed by atoms with Crippen LogP contribution in [0.5, 0.6) is 5.75 Å². The van der Waals surface area contributed by atoms with Crippen LogP contribution < -0.4 is 0 Å². The Kier molecular flexibility index (Phi) is 8.67. The molecule has 0 bridgehead atoms. The fraction of sp³-hybridized carbons (Fsp3) is 0.217. The lowest BCUT2D eigenvalue weighted by Gasteiger charge is -2.09. The van der Waals surface area contributed by atoms with Gasteiger partial charge in [-0.25, -0.2) is 9.59 Å². The van der Waals surface area contributed by atoms with E-state index in [0.29, 0.717) is 23.1 Å². The molecule has 0 saturated carbocycles. The van der Waals surface area contributed by atoms with Gasteiger partial charge >= 0.3 is 11.9 Å². The van der Waals surface area contributed by atoms with E-state index in [1.807, 2.05) is 24.3 Å². The van der Waals surface area contributed by atoms with E-state index in [2.05, 4.69) is 33.3 Å². The molecule has 3 rings (SSSR count). The molecule has 0 fully saturated rings. The summed E-state index contributed by atoms with van der Waals surface area (Å²) in [7, 11) is 1.24. The number of hydrogen-bond acceptors (Lipinski definition) is 8. The van der Waals surface area contributed by atoms with Crippen LogP contribution in [0.4, 0.5) is 0 Å². The maximum absolute atomic E-state index is 11.4. The van der Waals surface area contributed by atoms with Gasteiger partial charge in [0.2, 0.25) is 0 Å². The molecule has 0 aliphatic rings.